The number of nitrogens with one attached hydrogen (secondary N) is 1. The molecule has 7 heteroatoms. The second-order valence-electron chi connectivity index (χ2n) is 7.55. The van der Waals surface area contributed by atoms with E-state index in [-0.39, 0.29) is 22.8 Å². The number of amides is 1. The molecule has 0 aliphatic rings. The number of carbonyl (C=O) groups excluding carboxylic acids is 1. The van der Waals surface area contributed by atoms with Crippen LogP contribution in [0.1, 0.15) is 26.3 Å². The van der Waals surface area contributed by atoms with Gasteiger partial charge in [-0.05, 0) is 35.2 Å². The van der Waals surface area contributed by atoms with Gasteiger partial charge in [-0.2, -0.15) is 4.31 Å². The van der Waals surface area contributed by atoms with Crippen LogP contribution in [0, 0.1) is 0 Å². The molecule has 2 aromatic rings. The van der Waals surface area contributed by atoms with Gasteiger partial charge in [0.05, 0.1) is 18.0 Å². The number of likely N-dealkylation sites (N-methyl/N-ethyl adjacent to an activating group) is 1. The van der Waals surface area contributed by atoms with Crippen molar-refractivity contribution in [3.8, 4) is 5.75 Å². The summed E-state index contributed by atoms with van der Waals surface area (Å²) in [6.07, 6.45) is 0. The van der Waals surface area contributed by atoms with Gasteiger partial charge in [0.1, 0.15) is 12.4 Å². The number of sulfonamides is 1. The summed E-state index contributed by atoms with van der Waals surface area (Å²) in [4.78, 5) is 12.2. The molecule has 0 radical (unpaired) electrons. The van der Waals surface area contributed by atoms with Crippen molar-refractivity contribution >= 4 is 15.9 Å². The molecule has 0 aromatic heterocycles. The van der Waals surface area contributed by atoms with Gasteiger partial charge in [-0.3, -0.25) is 4.79 Å². The zero-order valence-electron chi connectivity index (χ0n) is 16.8. The van der Waals surface area contributed by atoms with Gasteiger partial charge in [0, 0.05) is 7.05 Å². The number of benzene rings is 2. The molecular weight excluding hydrogens is 376 g/mol. The van der Waals surface area contributed by atoms with Gasteiger partial charge in [0.2, 0.25) is 15.9 Å². The summed E-state index contributed by atoms with van der Waals surface area (Å²) in [7, 11) is -2.30. The van der Waals surface area contributed by atoms with Crippen LogP contribution >= 0.6 is 0 Å². The summed E-state index contributed by atoms with van der Waals surface area (Å²) >= 11 is 0. The van der Waals surface area contributed by atoms with E-state index < -0.39 is 10.0 Å². The standard InChI is InChI=1S/C21H28N2O4S/c1-21(2,3)17-10-12-18(13-11-17)27-15-14-22-20(24)16-23(4)28(25,26)19-8-6-5-7-9-19/h5-13H,14-16H2,1-4H3,(H,22,24). The van der Waals surface area contributed by atoms with Crippen LogP contribution < -0.4 is 10.1 Å². The molecule has 0 unspecified atom stereocenters. The van der Waals surface area contributed by atoms with Gasteiger partial charge < -0.3 is 10.1 Å². The second kappa shape index (κ2) is 9.21. The first kappa shape index (κ1) is 21.9. The molecule has 6 nitrogen and oxygen atoms in total. The fourth-order valence-corrected chi connectivity index (χ4v) is 3.67. The van der Waals surface area contributed by atoms with Crippen LogP contribution in [0.3, 0.4) is 0 Å². The fraction of sp³-hybridized carbons (Fsp3) is 0.381. The van der Waals surface area contributed by atoms with Gasteiger partial charge in [-0.1, -0.05) is 51.1 Å². The normalized spacial score (nSPS) is 12.0. The molecule has 2 aromatic carbocycles. The van der Waals surface area contributed by atoms with Crippen molar-refractivity contribution in [2.75, 3.05) is 26.7 Å². The van der Waals surface area contributed by atoms with Gasteiger partial charge in [0.15, 0.2) is 0 Å². The molecule has 0 aliphatic carbocycles. The molecule has 0 atom stereocenters. The van der Waals surface area contributed by atoms with Crippen molar-refractivity contribution in [2.24, 2.45) is 0 Å². The van der Waals surface area contributed by atoms with E-state index in [1.54, 1.807) is 18.2 Å². The molecule has 2 rings (SSSR count). The summed E-state index contributed by atoms with van der Waals surface area (Å²) < 4.78 is 31.5. The number of hydrogen-bond acceptors (Lipinski definition) is 4. The molecule has 0 saturated heterocycles. The average molecular weight is 405 g/mol. The molecule has 152 valence electrons. The molecule has 0 fully saturated rings. The highest BCUT2D eigenvalue weighted by Crippen LogP contribution is 2.24. The second-order valence-corrected chi connectivity index (χ2v) is 9.59. The highest BCUT2D eigenvalue weighted by molar-refractivity contribution is 7.89. The lowest BCUT2D eigenvalue weighted by Crippen LogP contribution is -2.39. The molecule has 1 amide bonds. The first-order valence-electron chi connectivity index (χ1n) is 9.12. The lowest BCUT2D eigenvalue weighted by atomic mass is 9.87. The quantitative estimate of drug-likeness (QED) is 0.687. The molecule has 0 heterocycles. The number of hydrogen-bond donors (Lipinski definition) is 1. The Hall–Kier alpha value is -2.38. The Morgan fingerprint density at radius 1 is 1.04 bits per heavy atom. The average Bonchev–Trinajstić information content (AvgIpc) is 2.65. The predicted octanol–water partition coefficient (Wildman–Crippen LogP) is 2.80. The van der Waals surface area contributed by atoms with E-state index in [1.807, 2.05) is 24.3 Å². The van der Waals surface area contributed by atoms with E-state index in [1.165, 1.54) is 24.7 Å². The molecule has 0 aliphatic heterocycles. The molecule has 28 heavy (non-hydrogen) atoms. The van der Waals surface area contributed by atoms with E-state index in [4.69, 9.17) is 4.74 Å². The van der Waals surface area contributed by atoms with Crippen LogP contribution in [0.15, 0.2) is 59.5 Å². The monoisotopic (exact) mass is 404 g/mol. The van der Waals surface area contributed by atoms with Gasteiger partial charge >= 0.3 is 0 Å². The number of nitrogens with zero attached hydrogens (tertiary/aromatic N) is 1. The molecule has 0 spiro atoms. The van der Waals surface area contributed by atoms with Gasteiger partial charge in [0.25, 0.3) is 0 Å². The van der Waals surface area contributed by atoms with E-state index in [0.29, 0.717) is 13.2 Å². The summed E-state index contributed by atoms with van der Waals surface area (Å²) in [6.45, 7) is 6.78. The number of rotatable bonds is 8. The van der Waals surface area contributed by atoms with Crippen LogP contribution in [-0.4, -0.2) is 45.4 Å². The van der Waals surface area contributed by atoms with E-state index in [2.05, 4.69) is 26.1 Å². The first-order valence-corrected chi connectivity index (χ1v) is 10.6. The summed E-state index contributed by atoms with van der Waals surface area (Å²) in [5, 5.41) is 2.67. The van der Waals surface area contributed by atoms with E-state index in [0.717, 1.165) is 10.1 Å². The summed E-state index contributed by atoms with van der Waals surface area (Å²) in [6, 6.07) is 15.9. The van der Waals surface area contributed by atoms with Crippen molar-refractivity contribution in [1.29, 1.82) is 0 Å². The third kappa shape index (κ3) is 6.07. The van der Waals surface area contributed by atoms with Crippen molar-refractivity contribution < 1.29 is 17.9 Å². The zero-order chi connectivity index (χ0) is 20.8. The third-order valence-electron chi connectivity index (χ3n) is 4.23. The lowest BCUT2D eigenvalue weighted by Gasteiger charge is -2.19. The highest BCUT2D eigenvalue weighted by atomic mass is 32.2. The smallest absolute Gasteiger partial charge is 0.243 e. The Bertz CT molecular complexity index is 873. The summed E-state index contributed by atoms with van der Waals surface area (Å²) in [5.41, 5.74) is 1.30. The molecule has 0 saturated carbocycles. The Morgan fingerprint density at radius 2 is 1.64 bits per heavy atom. The van der Waals surface area contributed by atoms with Crippen LogP contribution in [0.25, 0.3) is 0 Å². The first-order chi connectivity index (χ1) is 13.1. The Balaban J connectivity index is 1.77. The molecule has 0 bridgehead atoms. The zero-order valence-corrected chi connectivity index (χ0v) is 17.6. The lowest BCUT2D eigenvalue weighted by molar-refractivity contribution is -0.121. The minimum absolute atomic E-state index is 0.0820. The summed E-state index contributed by atoms with van der Waals surface area (Å²) in [5.74, 6) is 0.347. The third-order valence-corrected chi connectivity index (χ3v) is 6.05. The maximum atomic E-state index is 12.4. The Labute approximate surface area is 167 Å². The minimum atomic E-state index is -3.68. The maximum Gasteiger partial charge on any atom is 0.243 e. The topological polar surface area (TPSA) is 75.7 Å². The van der Waals surface area contributed by atoms with Gasteiger partial charge in [-0.15, -0.1) is 0 Å². The minimum Gasteiger partial charge on any atom is -0.492 e. The van der Waals surface area contributed by atoms with Gasteiger partial charge in [-0.25, -0.2) is 8.42 Å². The largest absolute Gasteiger partial charge is 0.492 e. The maximum absolute atomic E-state index is 12.4. The number of carbonyl (C=O) groups is 1. The van der Waals surface area contributed by atoms with Crippen molar-refractivity contribution in [3.63, 3.8) is 0 Å². The SMILES string of the molecule is CN(CC(=O)NCCOc1ccc(C(C)(C)C)cc1)S(=O)(=O)c1ccccc1. The van der Waals surface area contributed by atoms with Crippen molar-refractivity contribution in [1.82, 2.24) is 9.62 Å². The van der Waals surface area contributed by atoms with Crippen molar-refractivity contribution in [3.05, 3.63) is 60.2 Å². The van der Waals surface area contributed by atoms with Crippen molar-refractivity contribution in [2.45, 2.75) is 31.1 Å². The predicted molar refractivity (Wildman–Crippen MR) is 110 cm³/mol. The van der Waals surface area contributed by atoms with E-state index >= 15 is 0 Å². The number of ether oxygens (including phenoxy) is 1. The fourth-order valence-electron chi connectivity index (χ4n) is 2.53. The van der Waals surface area contributed by atoms with E-state index in [9.17, 15) is 13.2 Å². The van der Waals surface area contributed by atoms with Crippen LogP contribution in [0.5, 0.6) is 5.75 Å². The molecular formula is C21H28N2O4S. The Morgan fingerprint density at radius 3 is 2.21 bits per heavy atom. The van der Waals surface area contributed by atoms with Crippen LogP contribution in [-0.2, 0) is 20.2 Å². The Kier molecular flexibility index (Phi) is 7.21. The highest BCUT2D eigenvalue weighted by Gasteiger charge is 2.22. The van der Waals surface area contributed by atoms with Crippen LogP contribution in [0.2, 0.25) is 0 Å². The van der Waals surface area contributed by atoms with Crippen LogP contribution in [0.4, 0.5) is 0 Å². The molecule has 1 N–H and O–H groups in total.